The number of esters is 1. The van der Waals surface area contributed by atoms with Gasteiger partial charge in [-0.1, -0.05) is 36.4 Å². The molecule has 42 heavy (non-hydrogen) atoms. The van der Waals surface area contributed by atoms with Gasteiger partial charge < -0.3 is 19.1 Å². The van der Waals surface area contributed by atoms with Gasteiger partial charge in [-0.05, 0) is 32.2 Å². The maximum atomic E-state index is 14.5. The molecule has 0 bridgehead atoms. The molecule has 0 aliphatic carbocycles. The number of nitrogens with one attached hydrogen (secondary N) is 2. The molecule has 1 saturated heterocycles. The number of alkyl halides is 2. The van der Waals surface area contributed by atoms with Crippen LogP contribution in [0.5, 0.6) is 5.75 Å². The zero-order chi connectivity index (χ0) is 30.8. The minimum absolute atomic E-state index is 0.0255. The fourth-order valence-corrected chi connectivity index (χ4v) is 6.02. The van der Waals surface area contributed by atoms with E-state index in [9.17, 15) is 37.2 Å². The first-order valence-electron chi connectivity index (χ1n) is 12.8. The Bertz CT molecular complexity index is 1590. The van der Waals surface area contributed by atoms with E-state index >= 15 is 0 Å². The minimum atomic E-state index is -4.90. The summed E-state index contributed by atoms with van der Waals surface area (Å²) in [5.41, 5.74) is -2.42. The Morgan fingerprint density at radius 1 is 1.17 bits per heavy atom. The molecular formula is C26H29F3N3O9P. The normalized spacial score (nSPS) is 21.8. The summed E-state index contributed by atoms with van der Waals surface area (Å²) in [6.07, 6.45) is -11.5. The molecule has 2 heterocycles. The number of aromatic nitrogens is 2. The van der Waals surface area contributed by atoms with E-state index < -0.39 is 80.3 Å². The number of rotatable bonds is 11. The van der Waals surface area contributed by atoms with Gasteiger partial charge in [-0.3, -0.25) is 23.7 Å². The van der Waals surface area contributed by atoms with Crippen molar-refractivity contribution in [3.05, 3.63) is 75.3 Å². The topological polar surface area (TPSA) is 158 Å². The Balaban J connectivity index is 1.67. The molecule has 12 nitrogen and oxygen atoms in total. The van der Waals surface area contributed by atoms with Gasteiger partial charge in [0.25, 0.3) is 12.0 Å². The average molecular weight is 615 g/mol. The molecule has 228 valence electrons. The first-order valence-corrected chi connectivity index (χ1v) is 14.4. The molecule has 4 rings (SSSR count). The van der Waals surface area contributed by atoms with Crippen LogP contribution in [0.4, 0.5) is 13.2 Å². The van der Waals surface area contributed by atoms with Crippen molar-refractivity contribution in [1.82, 2.24) is 14.6 Å². The van der Waals surface area contributed by atoms with E-state index in [1.165, 1.54) is 13.0 Å². The molecular weight excluding hydrogens is 586 g/mol. The van der Waals surface area contributed by atoms with Crippen molar-refractivity contribution in [2.24, 2.45) is 0 Å². The van der Waals surface area contributed by atoms with Crippen LogP contribution >= 0.6 is 7.75 Å². The van der Waals surface area contributed by atoms with Crippen LogP contribution in [-0.4, -0.2) is 57.5 Å². The van der Waals surface area contributed by atoms with Crippen LogP contribution in [0.3, 0.4) is 0 Å². The number of carbonyl (C=O) groups excluding carboxylic acids is 1. The lowest BCUT2D eigenvalue weighted by Crippen LogP contribution is -2.44. The number of fused-ring (bicyclic) bond motifs is 1. The lowest BCUT2D eigenvalue weighted by atomic mass is 10.1. The maximum absolute atomic E-state index is 14.5. The number of aromatic amines is 1. The van der Waals surface area contributed by atoms with E-state index in [0.29, 0.717) is 21.5 Å². The Hall–Kier alpha value is -3.49. The number of aliphatic hydroxyl groups is 1. The van der Waals surface area contributed by atoms with Crippen LogP contribution in [-0.2, 0) is 23.4 Å². The zero-order valence-corrected chi connectivity index (χ0v) is 23.5. The summed E-state index contributed by atoms with van der Waals surface area (Å²) < 4.78 is 79.0. The third-order valence-corrected chi connectivity index (χ3v) is 7.89. The Kier molecular flexibility index (Phi) is 9.58. The van der Waals surface area contributed by atoms with Crippen LogP contribution in [0.25, 0.3) is 10.8 Å². The number of hydrogen-bond acceptors (Lipinski definition) is 9. The van der Waals surface area contributed by atoms with Crippen LogP contribution in [0, 0.1) is 5.82 Å². The molecule has 0 amide bonds. The van der Waals surface area contributed by atoms with Crippen molar-refractivity contribution in [1.29, 1.82) is 0 Å². The second-order valence-corrected chi connectivity index (χ2v) is 11.5. The molecule has 1 aliphatic heterocycles. The summed E-state index contributed by atoms with van der Waals surface area (Å²) in [4.78, 5) is 37.8. The average Bonchev–Trinajstić information content (AvgIpc) is 3.29. The summed E-state index contributed by atoms with van der Waals surface area (Å²) in [6.45, 7) is 4.42. The summed E-state index contributed by atoms with van der Waals surface area (Å²) in [5.74, 6) is -2.25. The van der Waals surface area contributed by atoms with Crippen LogP contribution in [0.15, 0.2) is 58.3 Å². The highest BCUT2D eigenvalue weighted by Gasteiger charge is 2.49. The second kappa shape index (κ2) is 12.8. The maximum Gasteiger partial charge on any atom is 0.460 e. The van der Waals surface area contributed by atoms with Crippen molar-refractivity contribution in [3.8, 4) is 5.75 Å². The number of benzene rings is 2. The molecule has 3 aromatic rings. The minimum Gasteiger partial charge on any atom is -0.462 e. The highest BCUT2D eigenvalue weighted by molar-refractivity contribution is 7.52. The lowest BCUT2D eigenvalue weighted by molar-refractivity contribution is -0.149. The third-order valence-electron chi connectivity index (χ3n) is 6.23. The van der Waals surface area contributed by atoms with Gasteiger partial charge >= 0.3 is 19.4 Å². The van der Waals surface area contributed by atoms with Gasteiger partial charge in [0.1, 0.15) is 24.1 Å². The van der Waals surface area contributed by atoms with Crippen LogP contribution < -0.4 is 20.9 Å². The van der Waals surface area contributed by atoms with E-state index in [2.05, 4.69) is 5.09 Å². The van der Waals surface area contributed by atoms with Crippen molar-refractivity contribution in [2.45, 2.75) is 70.3 Å². The SMILES string of the molecule is CC(C)OC(=O)[C@H](C)N[P@](=O)(Oc1cccc2ccccc12)O[C@H](C(F)F)[C@H]1O[C@@H](n2cc(F)c(=O)[nH]c2=O)CC1O. The molecule has 1 fully saturated rings. The molecule has 6 atom stereocenters. The van der Waals surface area contributed by atoms with Gasteiger partial charge in [-0.2, -0.15) is 9.48 Å². The van der Waals surface area contributed by atoms with E-state index in [1.54, 1.807) is 55.2 Å². The molecule has 1 aromatic heterocycles. The number of carbonyl (C=O) groups is 1. The molecule has 16 heteroatoms. The molecule has 0 saturated carbocycles. The van der Waals surface area contributed by atoms with Gasteiger partial charge in [-0.25, -0.2) is 18.1 Å². The summed E-state index contributed by atoms with van der Waals surface area (Å²) in [7, 11) is -4.90. The first-order chi connectivity index (χ1) is 19.8. The standard InChI is InChI=1S/C26H29F3N3O9P/c1-13(2)38-25(35)14(3)31-42(37,40-19-10-6-8-15-7-4-5-9-16(15)19)41-22(23(28)29)21-18(33)11-20(39-21)32-12-17(27)24(34)30-26(32)36/h4-10,12-14,18,20-23,33H,11H2,1-3H3,(H,31,37)(H,30,34,36)/t14-,18?,20+,21-,22-,42-/m0/s1. The smallest absolute Gasteiger partial charge is 0.460 e. The number of hydrogen-bond donors (Lipinski definition) is 3. The molecule has 3 N–H and O–H groups in total. The fraction of sp³-hybridized carbons (Fsp3) is 0.423. The quantitative estimate of drug-likeness (QED) is 0.216. The van der Waals surface area contributed by atoms with Crippen LogP contribution in [0.2, 0.25) is 0 Å². The molecule has 2 aromatic carbocycles. The Morgan fingerprint density at radius 3 is 2.55 bits per heavy atom. The highest BCUT2D eigenvalue weighted by Crippen LogP contribution is 2.50. The van der Waals surface area contributed by atoms with Gasteiger partial charge in [0.05, 0.1) is 18.4 Å². The number of ether oxygens (including phenoxy) is 2. The Morgan fingerprint density at radius 2 is 1.86 bits per heavy atom. The number of nitrogens with zero attached hydrogens (tertiary/aromatic N) is 1. The predicted octanol–water partition coefficient (Wildman–Crippen LogP) is 3.24. The van der Waals surface area contributed by atoms with Crippen molar-refractivity contribution in [2.75, 3.05) is 0 Å². The largest absolute Gasteiger partial charge is 0.462 e. The predicted molar refractivity (Wildman–Crippen MR) is 143 cm³/mol. The lowest BCUT2D eigenvalue weighted by Gasteiger charge is -2.30. The highest BCUT2D eigenvalue weighted by atomic mass is 31.2. The molecule has 1 aliphatic rings. The van der Waals surface area contributed by atoms with Gasteiger partial charge in [0, 0.05) is 11.8 Å². The van der Waals surface area contributed by atoms with Gasteiger partial charge in [0.15, 0.2) is 6.10 Å². The van der Waals surface area contributed by atoms with Gasteiger partial charge in [-0.15, -0.1) is 0 Å². The second-order valence-electron chi connectivity index (χ2n) is 9.81. The van der Waals surface area contributed by atoms with E-state index in [1.807, 2.05) is 0 Å². The molecule has 0 spiro atoms. The van der Waals surface area contributed by atoms with E-state index in [4.69, 9.17) is 18.5 Å². The first kappa shape index (κ1) is 31.4. The van der Waals surface area contributed by atoms with E-state index in [-0.39, 0.29) is 5.75 Å². The zero-order valence-electron chi connectivity index (χ0n) is 22.6. The van der Waals surface area contributed by atoms with Crippen molar-refractivity contribution >= 4 is 24.5 Å². The summed E-state index contributed by atoms with van der Waals surface area (Å²) in [6, 6.07) is 10.1. The van der Waals surface area contributed by atoms with Crippen molar-refractivity contribution in [3.63, 3.8) is 0 Å². The van der Waals surface area contributed by atoms with E-state index in [0.717, 1.165) is 0 Å². The summed E-state index contributed by atoms with van der Waals surface area (Å²) >= 11 is 0. The van der Waals surface area contributed by atoms with Crippen LogP contribution in [0.1, 0.15) is 33.4 Å². The Labute approximate surface area is 236 Å². The van der Waals surface area contributed by atoms with Gasteiger partial charge in [0.2, 0.25) is 5.82 Å². The number of halogens is 3. The third kappa shape index (κ3) is 7.10. The molecule has 1 unspecified atom stereocenters. The fourth-order valence-electron chi connectivity index (χ4n) is 4.34. The monoisotopic (exact) mass is 615 g/mol. The van der Waals surface area contributed by atoms with Crippen molar-refractivity contribution < 1.29 is 46.2 Å². The molecule has 0 radical (unpaired) electrons. The number of aliphatic hydroxyl groups excluding tert-OH is 1. The summed E-state index contributed by atoms with van der Waals surface area (Å²) in [5, 5.41) is 14.0. The number of H-pyrrole nitrogens is 1.